The van der Waals surface area contributed by atoms with Gasteiger partial charge >= 0.3 is 0 Å². The molecular weight excluding hydrogens is 204 g/mol. The maximum absolute atomic E-state index is 11.7. The monoisotopic (exact) mass is 214 g/mol. The minimum atomic E-state index is -0.899. The van der Waals surface area contributed by atoms with Gasteiger partial charge in [0.05, 0.1) is 12.8 Å². The third kappa shape index (κ3) is 1.74. The molecule has 0 aromatic carbocycles. The molecule has 0 spiro atoms. The van der Waals surface area contributed by atoms with Crippen molar-refractivity contribution in [2.75, 3.05) is 18.5 Å². The number of hydrogen-bond acceptors (Lipinski definition) is 6. The van der Waals surface area contributed by atoms with Crippen LogP contribution in [0, 0.1) is 0 Å². The molecule has 1 aliphatic rings. The van der Waals surface area contributed by atoms with Crippen molar-refractivity contribution in [3.63, 3.8) is 0 Å². The Bertz CT molecular complexity index is 320. The lowest BCUT2D eigenvalue weighted by molar-refractivity contribution is -0.121. The van der Waals surface area contributed by atoms with Gasteiger partial charge in [-0.05, 0) is 6.42 Å². The molecule has 1 aromatic heterocycles. The lowest BCUT2D eigenvalue weighted by Gasteiger charge is -2.19. The molecule has 1 atom stereocenters. The number of hydrogen-bond donors (Lipinski definition) is 2. The number of carbonyl (C=O) groups is 1. The van der Waals surface area contributed by atoms with E-state index in [4.69, 9.17) is 10.5 Å². The van der Waals surface area contributed by atoms with E-state index in [1.54, 1.807) is 0 Å². The number of ether oxygens (including phenoxy) is 1. The van der Waals surface area contributed by atoms with Crippen molar-refractivity contribution in [2.45, 2.75) is 12.0 Å². The van der Waals surface area contributed by atoms with Crippen molar-refractivity contribution in [3.8, 4) is 0 Å². The predicted octanol–water partition coefficient (Wildman–Crippen LogP) is -0.406. The molecule has 0 saturated carbocycles. The topological polar surface area (TPSA) is 90.1 Å². The third-order valence-electron chi connectivity index (χ3n) is 2.10. The second-order valence-electron chi connectivity index (χ2n) is 3.19. The van der Waals surface area contributed by atoms with Gasteiger partial charge in [-0.3, -0.25) is 4.79 Å². The zero-order valence-corrected chi connectivity index (χ0v) is 8.21. The maximum atomic E-state index is 11.7. The fourth-order valence-electron chi connectivity index (χ4n) is 1.22. The molecule has 76 valence electrons. The van der Waals surface area contributed by atoms with Gasteiger partial charge in [0.15, 0.2) is 0 Å². The van der Waals surface area contributed by atoms with Crippen LogP contribution in [0.2, 0.25) is 0 Å². The summed E-state index contributed by atoms with van der Waals surface area (Å²) >= 11 is 1.12. The number of nitrogens with one attached hydrogen (secondary N) is 1. The fourth-order valence-corrected chi connectivity index (χ4v) is 1.63. The van der Waals surface area contributed by atoms with Crippen LogP contribution in [-0.2, 0) is 9.53 Å². The Morgan fingerprint density at radius 2 is 2.64 bits per heavy atom. The summed E-state index contributed by atoms with van der Waals surface area (Å²) < 4.78 is 8.72. The largest absolute Gasteiger partial charge is 0.379 e. The number of carbonyl (C=O) groups excluding carboxylic acids is 1. The standard InChI is InChI=1S/C7H10N4O2S/c8-7(1-2-13-4-7)6(12)10-5-3-9-11-14-5/h3H,1-2,4,8H2,(H,10,12). The second-order valence-corrected chi connectivity index (χ2v) is 3.98. The van der Waals surface area contributed by atoms with Crippen LogP contribution in [0.1, 0.15) is 6.42 Å². The van der Waals surface area contributed by atoms with E-state index in [0.717, 1.165) is 11.5 Å². The maximum Gasteiger partial charge on any atom is 0.247 e. The van der Waals surface area contributed by atoms with E-state index in [-0.39, 0.29) is 12.5 Å². The Labute approximate surface area is 84.6 Å². The first-order chi connectivity index (χ1) is 6.71. The van der Waals surface area contributed by atoms with E-state index >= 15 is 0 Å². The second kappa shape index (κ2) is 3.60. The van der Waals surface area contributed by atoms with Gasteiger partial charge in [-0.1, -0.05) is 4.49 Å². The van der Waals surface area contributed by atoms with Gasteiger partial charge in [0.25, 0.3) is 0 Å². The number of nitrogens with zero attached hydrogens (tertiary/aromatic N) is 2. The van der Waals surface area contributed by atoms with Crippen LogP contribution in [0.25, 0.3) is 0 Å². The van der Waals surface area contributed by atoms with Gasteiger partial charge in [0, 0.05) is 18.1 Å². The molecule has 0 aliphatic carbocycles. The lowest BCUT2D eigenvalue weighted by Crippen LogP contribution is -2.51. The molecule has 1 saturated heterocycles. The molecule has 1 aromatic rings. The fraction of sp³-hybridized carbons (Fsp3) is 0.571. The summed E-state index contributed by atoms with van der Waals surface area (Å²) in [5.41, 5.74) is 4.95. The van der Waals surface area contributed by atoms with Crippen LogP contribution in [0.15, 0.2) is 6.20 Å². The van der Waals surface area contributed by atoms with Gasteiger partial charge in [-0.25, -0.2) is 0 Å². The molecule has 2 heterocycles. The van der Waals surface area contributed by atoms with Crippen LogP contribution >= 0.6 is 11.5 Å². The molecule has 2 rings (SSSR count). The van der Waals surface area contributed by atoms with Crippen molar-refractivity contribution < 1.29 is 9.53 Å². The number of anilines is 1. The molecule has 3 N–H and O–H groups in total. The van der Waals surface area contributed by atoms with Crippen molar-refractivity contribution >= 4 is 22.4 Å². The summed E-state index contributed by atoms with van der Waals surface area (Å²) in [4.78, 5) is 11.7. The first-order valence-corrected chi connectivity index (χ1v) is 4.93. The van der Waals surface area contributed by atoms with Crippen molar-refractivity contribution in [3.05, 3.63) is 6.20 Å². The van der Waals surface area contributed by atoms with Crippen LogP contribution in [0.3, 0.4) is 0 Å². The molecule has 1 amide bonds. The van der Waals surface area contributed by atoms with Crippen LogP contribution in [0.4, 0.5) is 5.00 Å². The number of aromatic nitrogens is 2. The van der Waals surface area contributed by atoms with E-state index in [0.29, 0.717) is 18.0 Å². The van der Waals surface area contributed by atoms with E-state index in [1.807, 2.05) is 0 Å². The smallest absolute Gasteiger partial charge is 0.247 e. The minimum absolute atomic E-state index is 0.235. The average Bonchev–Trinajstić information content (AvgIpc) is 2.76. The minimum Gasteiger partial charge on any atom is -0.379 e. The number of amides is 1. The summed E-state index contributed by atoms with van der Waals surface area (Å²) in [7, 11) is 0. The summed E-state index contributed by atoms with van der Waals surface area (Å²) in [6.07, 6.45) is 2.03. The molecule has 0 radical (unpaired) electrons. The predicted molar refractivity (Wildman–Crippen MR) is 50.9 cm³/mol. The Kier molecular flexibility index (Phi) is 2.44. The van der Waals surface area contributed by atoms with Gasteiger partial charge < -0.3 is 15.8 Å². The highest BCUT2D eigenvalue weighted by Gasteiger charge is 2.38. The number of nitrogens with two attached hydrogens (primary N) is 1. The third-order valence-corrected chi connectivity index (χ3v) is 2.68. The van der Waals surface area contributed by atoms with Gasteiger partial charge in [-0.2, -0.15) is 0 Å². The molecule has 7 heteroatoms. The lowest BCUT2D eigenvalue weighted by atomic mass is 9.99. The Morgan fingerprint density at radius 3 is 3.21 bits per heavy atom. The Balaban J connectivity index is 2.02. The Morgan fingerprint density at radius 1 is 1.79 bits per heavy atom. The van der Waals surface area contributed by atoms with E-state index in [1.165, 1.54) is 6.20 Å². The van der Waals surface area contributed by atoms with E-state index in [2.05, 4.69) is 14.9 Å². The summed E-state index contributed by atoms with van der Waals surface area (Å²) in [5, 5.41) is 6.86. The molecule has 14 heavy (non-hydrogen) atoms. The molecule has 0 bridgehead atoms. The normalized spacial score (nSPS) is 26.4. The SMILES string of the molecule is NC1(C(=O)Nc2cnns2)CCOC1. The van der Waals surface area contributed by atoms with E-state index in [9.17, 15) is 4.79 Å². The number of rotatable bonds is 2. The summed E-state index contributed by atoms with van der Waals surface area (Å²) in [6.45, 7) is 0.802. The zero-order chi connectivity index (χ0) is 10.0. The van der Waals surface area contributed by atoms with E-state index < -0.39 is 5.54 Å². The average molecular weight is 214 g/mol. The van der Waals surface area contributed by atoms with Gasteiger partial charge in [0.2, 0.25) is 5.91 Å². The first kappa shape index (κ1) is 9.50. The van der Waals surface area contributed by atoms with Gasteiger partial charge in [-0.15, -0.1) is 5.10 Å². The van der Waals surface area contributed by atoms with Crippen molar-refractivity contribution in [2.24, 2.45) is 5.73 Å². The highest BCUT2D eigenvalue weighted by atomic mass is 32.1. The quantitative estimate of drug-likeness (QED) is 0.698. The highest BCUT2D eigenvalue weighted by molar-refractivity contribution is 7.10. The summed E-state index contributed by atoms with van der Waals surface area (Å²) in [5.74, 6) is -0.235. The first-order valence-electron chi connectivity index (χ1n) is 4.16. The summed E-state index contributed by atoms with van der Waals surface area (Å²) in [6, 6.07) is 0. The molecule has 1 fully saturated rings. The molecular formula is C7H10N4O2S. The van der Waals surface area contributed by atoms with Crippen LogP contribution in [0.5, 0.6) is 0 Å². The van der Waals surface area contributed by atoms with Crippen molar-refractivity contribution in [1.29, 1.82) is 0 Å². The van der Waals surface area contributed by atoms with Crippen LogP contribution in [-0.4, -0.2) is 34.2 Å². The molecule has 1 unspecified atom stereocenters. The van der Waals surface area contributed by atoms with Gasteiger partial charge in [0.1, 0.15) is 10.5 Å². The van der Waals surface area contributed by atoms with Crippen molar-refractivity contribution in [1.82, 2.24) is 9.59 Å². The molecule has 1 aliphatic heterocycles. The molecule has 6 nitrogen and oxygen atoms in total. The Hall–Kier alpha value is -1.05. The van der Waals surface area contributed by atoms with Crippen LogP contribution < -0.4 is 11.1 Å². The zero-order valence-electron chi connectivity index (χ0n) is 7.40. The highest BCUT2D eigenvalue weighted by Crippen LogP contribution is 2.19.